The summed E-state index contributed by atoms with van der Waals surface area (Å²) in [5.41, 5.74) is 0.662. The van der Waals surface area contributed by atoms with Crippen molar-refractivity contribution in [2.45, 2.75) is 39.3 Å². The Morgan fingerprint density at radius 2 is 1.38 bits per heavy atom. The number of nitrogens with zero attached hydrogens (tertiary/aromatic N) is 2. The van der Waals surface area contributed by atoms with Gasteiger partial charge in [-0.05, 0) is 18.2 Å². The SMILES string of the molecule is COc1ccccc1C1(O)C(C)(C)C(N2CCN(c3ccccc3)CC2)C1(C)C. The van der Waals surface area contributed by atoms with E-state index in [-0.39, 0.29) is 10.8 Å². The van der Waals surface area contributed by atoms with Crippen LogP contribution in [0.15, 0.2) is 54.6 Å². The second kappa shape index (κ2) is 7.03. The van der Waals surface area contributed by atoms with Crippen LogP contribution >= 0.6 is 0 Å². The maximum absolute atomic E-state index is 12.1. The molecule has 0 bridgehead atoms. The number of methoxy groups -OCH3 is 1. The summed E-state index contributed by atoms with van der Waals surface area (Å²) in [7, 11) is 1.68. The molecule has 1 aliphatic carbocycles. The summed E-state index contributed by atoms with van der Waals surface area (Å²) in [5.74, 6) is 0.767. The molecular weight excluding hydrogens is 360 g/mol. The van der Waals surface area contributed by atoms with Crippen molar-refractivity contribution in [3.05, 3.63) is 60.2 Å². The van der Waals surface area contributed by atoms with Gasteiger partial charge in [0.1, 0.15) is 11.4 Å². The van der Waals surface area contributed by atoms with Gasteiger partial charge in [0.25, 0.3) is 0 Å². The highest BCUT2D eigenvalue weighted by molar-refractivity contribution is 5.48. The zero-order chi connectivity index (χ0) is 20.9. The third-order valence-corrected chi connectivity index (χ3v) is 7.53. The molecule has 1 N–H and O–H groups in total. The molecule has 0 unspecified atom stereocenters. The molecule has 0 amide bonds. The van der Waals surface area contributed by atoms with Crippen LogP contribution in [-0.2, 0) is 5.60 Å². The largest absolute Gasteiger partial charge is 0.496 e. The molecule has 0 atom stereocenters. The highest BCUT2D eigenvalue weighted by Crippen LogP contribution is 2.69. The molecule has 1 saturated heterocycles. The minimum atomic E-state index is -0.951. The van der Waals surface area contributed by atoms with Gasteiger partial charge in [-0.15, -0.1) is 0 Å². The standard InChI is InChI=1S/C25H34N2O2/c1-23(2)22(27-17-15-26(16-18-27)19-11-7-6-8-12-19)24(3,4)25(23,28)20-13-9-10-14-21(20)29-5/h6-14,22,28H,15-18H2,1-5H3. The van der Waals surface area contributed by atoms with E-state index < -0.39 is 5.60 Å². The Hall–Kier alpha value is -2.04. The van der Waals surface area contributed by atoms with E-state index in [2.05, 4.69) is 67.8 Å². The van der Waals surface area contributed by atoms with Crippen LogP contribution in [0, 0.1) is 10.8 Å². The van der Waals surface area contributed by atoms with E-state index in [0.717, 1.165) is 37.5 Å². The Labute approximate surface area is 175 Å². The Morgan fingerprint density at radius 3 is 1.97 bits per heavy atom. The van der Waals surface area contributed by atoms with Gasteiger partial charge in [0.15, 0.2) is 0 Å². The van der Waals surface area contributed by atoms with Crippen LogP contribution in [0.4, 0.5) is 5.69 Å². The van der Waals surface area contributed by atoms with Gasteiger partial charge in [-0.2, -0.15) is 0 Å². The summed E-state index contributed by atoms with van der Waals surface area (Å²) < 4.78 is 5.62. The van der Waals surface area contributed by atoms with Crippen LogP contribution in [0.25, 0.3) is 0 Å². The van der Waals surface area contributed by atoms with Crippen LogP contribution in [0.1, 0.15) is 33.3 Å². The van der Waals surface area contributed by atoms with Crippen LogP contribution in [0.3, 0.4) is 0 Å². The first-order valence-electron chi connectivity index (χ1n) is 10.6. The van der Waals surface area contributed by atoms with Gasteiger partial charge in [0.2, 0.25) is 0 Å². The van der Waals surface area contributed by atoms with Crippen molar-refractivity contribution in [1.29, 1.82) is 0 Å². The first-order valence-corrected chi connectivity index (χ1v) is 10.6. The van der Waals surface area contributed by atoms with Gasteiger partial charge in [0.05, 0.1) is 7.11 Å². The monoisotopic (exact) mass is 394 g/mol. The number of benzene rings is 2. The first kappa shape index (κ1) is 20.2. The summed E-state index contributed by atoms with van der Waals surface area (Å²) in [6.07, 6.45) is 0. The van der Waals surface area contributed by atoms with Gasteiger partial charge in [0, 0.05) is 54.3 Å². The van der Waals surface area contributed by atoms with Gasteiger partial charge in [-0.1, -0.05) is 64.1 Å². The van der Waals surface area contributed by atoms with E-state index in [9.17, 15) is 5.11 Å². The van der Waals surface area contributed by atoms with E-state index in [1.807, 2.05) is 24.3 Å². The topological polar surface area (TPSA) is 35.9 Å². The Bertz CT molecular complexity index is 838. The normalized spacial score (nSPS) is 28.6. The fourth-order valence-electron chi connectivity index (χ4n) is 6.48. The van der Waals surface area contributed by atoms with Crippen LogP contribution in [-0.4, -0.2) is 49.3 Å². The minimum Gasteiger partial charge on any atom is -0.496 e. The number of piperazine rings is 1. The molecule has 2 fully saturated rings. The van der Waals surface area contributed by atoms with Crippen molar-refractivity contribution >= 4 is 5.69 Å². The van der Waals surface area contributed by atoms with Gasteiger partial charge >= 0.3 is 0 Å². The number of rotatable bonds is 4. The Morgan fingerprint density at radius 1 is 0.828 bits per heavy atom. The molecule has 0 spiro atoms. The molecule has 0 radical (unpaired) electrons. The number of hydrogen-bond acceptors (Lipinski definition) is 4. The van der Waals surface area contributed by atoms with E-state index in [1.165, 1.54) is 5.69 Å². The van der Waals surface area contributed by atoms with Crippen molar-refractivity contribution in [1.82, 2.24) is 4.90 Å². The maximum atomic E-state index is 12.1. The molecule has 4 nitrogen and oxygen atoms in total. The lowest BCUT2D eigenvalue weighted by atomic mass is 9.39. The lowest BCUT2D eigenvalue weighted by Crippen LogP contribution is -2.79. The molecule has 2 aliphatic rings. The molecule has 4 rings (SSSR count). The molecular formula is C25H34N2O2. The van der Waals surface area contributed by atoms with E-state index in [0.29, 0.717) is 6.04 Å². The predicted molar refractivity (Wildman–Crippen MR) is 118 cm³/mol. The van der Waals surface area contributed by atoms with E-state index >= 15 is 0 Å². The average Bonchev–Trinajstić information content (AvgIpc) is 2.73. The van der Waals surface area contributed by atoms with Crippen molar-refractivity contribution in [3.63, 3.8) is 0 Å². The molecule has 1 saturated carbocycles. The molecule has 4 heteroatoms. The average molecular weight is 395 g/mol. The lowest BCUT2D eigenvalue weighted by Gasteiger charge is -2.72. The van der Waals surface area contributed by atoms with Crippen LogP contribution in [0.5, 0.6) is 5.75 Å². The molecule has 156 valence electrons. The van der Waals surface area contributed by atoms with Crippen LogP contribution in [0.2, 0.25) is 0 Å². The van der Waals surface area contributed by atoms with E-state index in [4.69, 9.17) is 4.74 Å². The summed E-state index contributed by atoms with van der Waals surface area (Å²) >= 11 is 0. The summed E-state index contributed by atoms with van der Waals surface area (Å²) in [6.45, 7) is 12.9. The third kappa shape index (κ3) is 2.80. The van der Waals surface area contributed by atoms with Crippen molar-refractivity contribution in [2.75, 3.05) is 38.2 Å². The fraction of sp³-hybridized carbons (Fsp3) is 0.520. The zero-order valence-electron chi connectivity index (χ0n) is 18.4. The summed E-state index contributed by atoms with van der Waals surface area (Å²) in [5, 5.41) is 12.1. The summed E-state index contributed by atoms with van der Waals surface area (Å²) in [6, 6.07) is 18.9. The highest BCUT2D eigenvalue weighted by Gasteiger charge is 2.74. The third-order valence-electron chi connectivity index (χ3n) is 7.53. The second-order valence-electron chi connectivity index (χ2n) is 9.62. The number of ether oxygens (including phenoxy) is 1. The number of hydrogen-bond donors (Lipinski definition) is 1. The maximum Gasteiger partial charge on any atom is 0.124 e. The molecule has 2 aromatic rings. The number of para-hydroxylation sites is 2. The fourth-order valence-corrected chi connectivity index (χ4v) is 6.48. The van der Waals surface area contributed by atoms with Crippen molar-refractivity contribution in [2.24, 2.45) is 10.8 Å². The van der Waals surface area contributed by atoms with Crippen LogP contribution < -0.4 is 9.64 Å². The van der Waals surface area contributed by atoms with Gasteiger partial charge in [-0.25, -0.2) is 0 Å². The zero-order valence-corrected chi connectivity index (χ0v) is 18.4. The number of anilines is 1. The van der Waals surface area contributed by atoms with Crippen molar-refractivity contribution in [3.8, 4) is 5.75 Å². The second-order valence-corrected chi connectivity index (χ2v) is 9.62. The Balaban J connectivity index is 1.58. The number of aliphatic hydroxyl groups is 1. The smallest absolute Gasteiger partial charge is 0.124 e. The predicted octanol–water partition coefficient (Wildman–Crippen LogP) is 4.14. The van der Waals surface area contributed by atoms with Crippen molar-refractivity contribution < 1.29 is 9.84 Å². The first-order chi connectivity index (χ1) is 13.7. The lowest BCUT2D eigenvalue weighted by molar-refractivity contribution is -0.308. The summed E-state index contributed by atoms with van der Waals surface area (Å²) in [4.78, 5) is 5.05. The molecule has 0 aromatic heterocycles. The Kier molecular flexibility index (Phi) is 4.91. The minimum absolute atomic E-state index is 0.292. The molecule has 1 aliphatic heterocycles. The quantitative estimate of drug-likeness (QED) is 0.845. The van der Waals surface area contributed by atoms with E-state index in [1.54, 1.807) is 7.11 Å². The highest BCUT2D eigenvalue weighted by atomic mass is 16.5. The van der Waals surface area contributed by atoms with Gasteiger partial charge < -0.3 is 14.7 Å². The molecule has 2 aromatic carbocycles. The molecule has 29 heavy (non-hydrogen) atoms. The van der Waals surface area contributed by atoms with Gasteiger partial charge in [-0.3, -0.25) is 4.90 Å². The molecule has 1 heterocycles.